The molecule has 0 spiro atoms. The van der Waals surface area contributed by atoms with Crippen LogP contribution < -0.4 is 0 Å². The van der Waals surface area contributed by atoms with Crippen molar-refractivity contribution in [3.8, 4) is 0 Å². The summed E-state index contributed by atoms with van der Waals surface area (Å²) in [6.45, 7) is 6.32. The van der Waals surface area contributed by atoms with Gasteiger partial charge in [-0.2, -0.15) is 0 Å². The van der Waals surface area contributed by atoms with E-state index in [-0.39, 0.29) is 30.0 Å². The molecule has 5 unspecified atom stereocenters. The number of amidine groups is 2. The quantitative estimate of drug-likeness (QED) is 0.263. The van der Waals surface area contributed by atoms with Crippen LogP contribution in [0.2, 0.25) is 0 Å². The Hall–Kier alpha value is -0.700. The smallest absolute Gasteiger partial charge is 0.242 e. The van der Waals surface area contributed by atoms with Crippen LogP contribution in [0.15, 0.2) is 27.0 Å². The fourth-order valence-electron chi connectivity index (χ4n) is 4.97. The molecule has 4 aliphatic rings. The number of fused-ring (bicyclic) bond motifs is 1. The lowest BCUT2D eigenvalue weighted by Crippen LogP contribution is -2.42. The van der Waals surface area contributed by atoms with Gasteiger partial charge in [-0.05, 0) is 55.8 Å². The zero-order valence-electron chi connectivity index (χ0n) is 17.8. The Balaban J connectivity index is 1.36. The summed E-state index contributed by atoms with van der Waals surface area (Å²) in [4.78, 5) is 38.6. The molecular weight excluding hydrogens is 476 g/mol. The Morgan fingerprint density at radius 2 is 2.00 bits per heavy atom. The van der Waals surface area contributed by atoms with Crippen LogP contribution in [0, 0.1) is 11.8 Å². The minimum Gasteiger partial charge on any atom is -0.366 e. The predicted octanol–water partition coefficient (Wildman–Crippen LogP) is 2.61. The number of aliphatic imine (C=N–C) groups is 2. The Labute approximate surface area is 195 Å². The lowest BCUT2D eigenvalue weighted by atomic mass is 10.0. The number of likely N-dealkylation sites (tertiary alicyclic amines) is 1. The highest BCUT2D eigenvalue weighted by molar-refractivity contribution is 7.63. The van der Waals surface area contributed by atoms with E-state index in [2.05, 4.69) is 26.7 Å². The third-order valence-corrected chi connectivity index (χ3v) is 9.01. The van der Waals surface area contributed by atoms with Crippen molar-refractivity contribution in [3.63, 3.8) is 0 Å². The Morgan fingerprint density at radius 3 is 2.69 bits per heavy atom. The van der Waals surface area contributed by atoms with Crippen LogP contribution in [0.5, 0.6) is 0 Å². The topological polar surface area (TPSA) is 123 Å². The molecule has 3 aliphatic heterocycles. The van der Waals surface area contributed by atoms with Gasteiger partial charge in [0.25, 0.3) is 0 Å². The summed E-state index contributed by atoms with van der Waals surface area (Å²) in [5, 5.41) is 6.40. The van der Waals surface area contributed by atoms with Gasteiger partial charge in [-0.25, -0.2) is 4.99 Å². The van der Waals surface area contributed by atoms with E-state index >= 15 is 0 Å². The van der Waals surface area contributed by atoms with E-state index in [4.69, 9.17) is 30.6 Å². The number of hydrogen-bond acceptors (Lipinski definition) is 10. The highest BCUT2D eigenvalue weighted by Gasteiger charge is 2.39. The summed E-state index contributed by atoms with van der Waals surface area (Å²) < 4.78 is 11.5. The lowest BCUT2D eigenvalue weighted by molar-refractivity contribution is 0.0230. The van der Waals surface area contributed by atoms with Crippen molar-refractivity contribution in [2.24, 2.45) is 26.9 Å². The molecule has 10 nitrogen and oxygen atoms in total. The molecule has 32 heavy (non-hydrogen) atoms. The van der Waals surface area contributed by atoms with E-state index in [9.17, 15) is 4.89 Å². The second-order valence-electron chi connectivity index (χ2n) is 8.53. The van der Waals surface area contributed by atoms with Crippen LogP contribution in [0.25, 0.3) is 0 Å². The van der Waals surface area contributed by atoms with Crippen LogP contribution in [-0.4, -0.2) is 86.8 Å². The Bertz CT molecular complexity index is 773. The van der Waals surface area contributed by atoms with Crippen molar-refractivity contribution >= 4 is 46.2 Å². The number of hydrogen-bond donors (Lipinski definition) is 3. The Morgan fingerprint density at radius 1 is 1.25 bits per heavy atom. The summed E-state index contributed by atoms with van der Waals surface area (Å²) in [5.74, 6) is 2.27. The molecule has 0 aromatic heterocycles. The molecule has 13 heteroatoms. The first-order valence-electron chi connectivity index (χ1n) is 10.8. The first-order chi connectivity index (χ1) is 15.4. The highest BCUT2D eigenvalue weighted by Crippen LogP contribution is 2.44. The molecule has 1 aliphatic carbocycles. The highest BCUT2D eigenvalue weighted by atomic mass is 35.5. The molecule has 0 aromatic carbocycles. The van der Waals surface area contributed by atoms with E-state index in [0.29, 0.717) is 6.54 Å². The number of halogens is 1. The summed E-state index contributed by atoms with van der Waals surface area (Å²) in [6.07, 6.45) is 6.53. The molecule has 0 aromatic rings. The van der Waals surface area contributed by atoms with E-state index < -0.39 is 16.8 Å². The molecule has 1 saturated carbocycles. The van der Waals surface area contributed by atoms with Crippen molar-refractivity contribution in [1.82, 2.24) is 9.91 Å². The van der Waals surface area contributed by atoms with Crippen molar-refractivity contribution in [3.05, 3.63) is 11.9 Å². The molecule has 3 fully saturated rings. The summed E-state index contributed by atoms with van der Waals surface area (Å²) >= 11 is 6.31. The minimum absolute atomic E-state index is 0.145. The summed E-state index contributed by atoms with van der Waals surface area (Å²) in [7, 11) is -4.05. The first-order valence-corrected chi connectivity index (χ1v) is 14.0. The van der Waals surface area contributed by atoms with Gasteiger partial charge in [0.15, 0.2) is 16.8 Å². The molecule has 0 radical (unpaired) electrons. The fourth-order valence-corrected chi connectivity index (χ4v) is 6.69. The first kappa shape index (κ1) is 24.4. The third-order valence-electron chi connectivity index (χ3n) is 6.42. The second kappa shape index (κ2) is 11.2. The van der Waals surface area contributed by atoms with Gasteiger partial charge in [0.1, 0.15) is 11.9 Å². The van der Waals surface area contributed by atoms with Crippen molar-refractivity contribution in [2.75, 3.05) is 32.1 Å². The minimum atomic E-state index is -2.18. The van der Waals surface area contributed by atoms with Crippen LogP contribution in [0.3, 0.4) is 0 Å². The van der Waals surface area contributed by atoms with Crippen LogP contribution in [0.1, 0.15) is 32.1 Å². The third kappa shape index (κ3) is 6.05. The molecule has 178 valence electrons. The van der Waals surface area contributed by atoms with Gasteiger partial charge < -0.3 is 28.8 Å². The molecule has 3 N–H and O–H groups in total. The van der Waals surface area contributed by atoms with E-state index in [1.54, 1.807) is 11.2 Å². The van der Waals surface area contributed by atoms with Gasteiger partial charge in [-0.3, -0.25) is 10.0 Å². The van der Waals surface area contributed by atoms with Crippen LogP contribution in [0.4, 0.5) is 0 Å². The molecule has 5 atom stereocenters. The molecule has 2 saturated heterocycles. The standard InChI is InChI=1S/C19H30ClN5O5P2/c1-21-7-16(17-6-5-15(30-17)11-29-32(28)12-31(26)27)25-10-18(22-19(20)23-25)24-8-13-3-2-4-14(13)9-24/h7,13-15,17,26-28H,1-6,8-12H2/b16-7-. The molecule has 3 heterocycles. The predicted molar refractivity (Wildman–Crippen MR) is 127 cm³/mol. The maximum absolute atomic E-state index is 9.75. The fraction of sp³-hybridized carbons (Fsp3) is 0.737. The van der Waals surface area contributed by atoms with Gasteiger partial charge in [0.05, 0.1) is 30.9 Å². The van der Waals surface area contributed by atoms with Gasteiger partial charge in [0, 0.05) is 19.3 Å². The molecular formula is C19H30ClN5O5P2. The Kier molecular flexibility index (Phi) is 8.51. The summed E-state index contributed by atoms with van der Waals surface area (Å²) in [5.41, 5.74) is 0.757. The average molecular weight is 506 g/mol. The number of rotatable bonds is 8. The van der Waals surface area contributed by atoms with E-state index in [1.165, 1.54) is 19.3 Å². The lowest BCUT2D eigenvalue weighted by Gasteiger charge is -2.32. The zero-order chi connectivity index (χ0) is 22.7. The average Bonchev–Trinajstić information content (AvgIpc) is 3.45. The largest absolute Gasteiger partial charge is 0.366 e. The van der Waals surface area contributed by atoms with Crippen molar-refractivity contribution in [2.45, 2.75) is 44.3 Å². The molecule has 0 bridgehead atoms. The van der Waals surface area contributed by atoms with Crippen molar-refractivity contribution in [1.29, 1.82) is 0 Å². The van der Waals surface area contributed by atoms with Gasteiger partial charge in [0.2, 0.25) is 5.29 Å². The van der Waals surface area contributed by atoms with E-state index in [0.717, 1.165) is 49.3 Å². The number of hydrazone groups is 1. The monoisotopic (exact) mass is 505 g/mol. The summed E-state index contributed by atoms with van der Waals surface area (Å²) in [6, 6.07) is 0. The normalized spacial score (nSPS) is 31.7. The number of ether oxygens (including phenoxy) is 1. The SMILES string of the molecule is C=N/C=C(/C1CCC(COP(O)CP(O)O)O1)N1CC(N2CC3CCCC3C2)=NC(Cl)=N1. The number of nitrogens with zero attached hydrogens (tertiary/aromatic N) is 5. The molecule has 4 rings (SSSR count). The van der Waals surface area contributed by atoms with Gasteiger partial charge in [-0.15, -0.1) is 5.10 Å². The maximum atomic E-state index is 9.75. The van der Waals surface area contributed by atoms with E-state index in [1.807, 2.05) is 0 Å². The van der Waals surface area contributed by atoms with Gasteiger partial charge in [-0.1, -0.05) is 6.42 Å². The molecule has 0 amide bonds. The van der Waals surface area contributed by atoms with Crippen molar-refractivity contribution < 1.29 is 23.9 Å². The van der Waals surface area contributed by atoms with Crippen LogP contribution >= 0.6 is 28.4 Å². The second-order valence-corrected chi connectivity index (χ2v) is 11.7. The van der Waals surface area contributed by atoms with Gasteiger partial charge >= 0.3 is 0 Å². The van der Waals surface area contributed by atoms with Crippen LogP contribution in [-0.2, 0) is 9.26 Å². The zero-order valence-corrected chi connectivity index (χ0v) is 20.4. The maximum Gasteiger partial charge on any atom is 0.242 e.